The van der Waals surface area contributed by atoms with Gasteiger partial charge < -0.3 is 15.4 Å². The van der Waals surface area contributed by atoms with E-state index in [9.17, 15) is 36.7 Å². The average molecular weight is 807 g/mol. The number of benzene rings is 2. The van der Waals surface area contributed by atoms with Crippen LogP contribution in [0.1, 0.15) is 32.4 Å². The number of rotatable bonds is 11. The Morgan fingerprint density at radius 3 is 1.72 bits per heavy atom. The first kappa shape index (κ1) is 41.3. The molecule has 4 aromatic heterocycles. The van der Waals surface area contributed by atoms with E-state index in [1.165, 1.54) is 77.5 Å². The van der Waals surface area contributed by atoms with Crippen LogP contribution >= 0.6 is 11.6 Å². The predicted molar refractivity (Wildman–Crippen MR) is 198 cm³/mol. The van der Waals surface area contributed by atoms with Crippen LogP contribution in [0.3, 0.4) is 0 Å². The van der Waals surface area contributed by atoms with Crippen LogP contribution in [0, 0.1) is 5.82 Å². The number of hydrogen-bond acceptors (Lipinski definition) is 11. The smallest absolute Gasteiger partial charge is 0.405 e. The van der Waals surface area contributed by atoms with Crippen molar-refractivity contribution in [3.8, 4) is 28.5 Å². The van der Waals surface area contributed by atoms with Gasteiger partial charge in [0.25, 0.3) is 22.9 Å². The molecule has 15 nitrogen and oxygen atoms in total. The fourth-order valence-corrected chi connectivity index (χ4v) is 5.28. The summed E-state index contributed by atoms with van der Waals surface area (Å²) in [7, 11) is 3.13. The van der Waals surface area contributed by atoms with Gasteiger partial charge in [0.1, 0.15) is 35.9 Å². The summed E-state index contributed by atoms with van der Waals surface area (Å²) in [5.74, 6) is -1.55. The van der Waals surface area contributed by atoms with Crippen molar-refractivity contribution in [2.24, 2.45) is 14.1 Å². The quantitative estimate of drug-likeness (QED) is 0.179. The number of para-hydroxylation sites is 1. The van der Waals surface area contributed by atoms with Crippen LogP contribution in [-0.2, 0) is 26.9 Å². The number of ether oxygens (including phenoxy) is 1. The van der Waals surface area contributed by atoms with Crippen LogP contribution in [0.5, 0.6) is 5.75 Å². The number of nitrogens with one attached hydrogen (secondary N) is 2. The number of hydrogen-bond donors (Lipinski definition) is 2. The lowest BCUT2D eigenvalue weighted by Gasteiger charge is -2.13. The summed E-state index contributed by atoms with van der Waals surface area (Å²) in [5, 5.41) is 5.32. The Kier molecular flexibility index (Phi) is 13.5. The molecule has 4 heterocycles. The first-order valence-corrected chi connectivity index (χ1v) is 17.1. The number of amides is 2. The Morgan fingerprint density at radius 1 is 0.719 bits per heavy atom. The molecule has 0 saturated heterocycles. The molecule has 57 heavy (non-hydrogen) atoms. The Hall–Kier alpha value is -6.89. The highest BCUT2D eigenvalue weighted by atomic mass is 35.5. The van der Waals surface area contributed by atoms with E-state index < -0.39 is 29.7 Å². The van der Waals surface area contributed by atoms with E-state index in [1.54, 1.807) is 25.4 Å². The molecule has 0 radical (unpaired) electrons. The highest BCUT2D eigenvalue weighted by Crippen LogP contribution is 2.26. The van der Waals surface area contributed by atoms with E-state index in [2.05, 4.69) is 45.3 Å². The van der Waals surface area contributed by atoms with Crippen molar-refractivity contribution in [2.45, 2.75) is 19.2 Å². The van der Waals surface area contributed by atoms with Crippen molar-refractivity contribution in [1.82, 2.24) is 49.7 Å². The van der Waals surface area contributed by atoms with Gasteiger partial charge in [0.15, 0.2) is 0 Å². The summed E-state index contributed by atoms with van der Waals surface area (Å²) in [6.45, 7) is 0.228. The van der Waals surface area contributed by atoms with Gasteiger partial charge in [0.2, 0.25) is 0 Å². The molecular formula is C37H31ClF4N10O5. The molecule has 2 aromatic carbocycles. The van der Waals surface area contributed by atoms with Crippen LogP contribution in [0.4, 0.5) is 17.6 Å². The minimum Gasteiger partial charge on any atom is -0.405 e. The molecule has 0 aliphatic carbocycles. The molecule has 0 unspecified atom stereocenters. The maximum atomic E-state index is 13.3. The summed E-state index contributed by atoms with van der Waals surface area (Å²) in [5.41, 5.74) is 1.00. The van der Waals surface area contributed by atoms with Gasteiger partial charge in [0, 0.05) is 64.6 Å². The number of aromatic nitrogens is 8. The van der Waals surface area contributed by atoms with Gasteiger partial charge in [-0.05, 0) is 42.5 Å². The van der Waals surface area contributed by atoms with Gasteiger partial charge >= 0.3 is 6.36 Å². The second kappa shape index (κ2) is 18.6. The van der Waals surface area contributed by atoms with Crippen LogP contribution in [0.25, 0.3) is 22.8 Å². The first-order valence-electron chi connectivity index (χ1n) is 16.7. The Morgan fingerprint density at radius 2 is 1.23 bits per heavy atom. The van der Waals surface area contributed by atoms with E-state index in [0.29, 0.717) is 40.8 Å². The maximum absolute atomic E-state index is 13.3. The maximum Gasteiger partial charge on any atom is 0.573 e. The number of carbonyl (C=O) groups excluding carboxylic acids is 2. The van der Waals surface area contributed by atoms with Crippen LogP contribution in [-0.4, -0.2) is 70.3 Å². The molecule has 20 heteroatoms. The lowest BCUT2D eigenvalue weighted by Crippen LogP contribution is -2.30. The first-order chi connectivity index (χ1) is 27.2. The second-order valence-electron chi connectivity index (χ2n) is 11.8. The van der Waals surface area contributed by atoms with Gasteiger partial charge in [-0.1, -0.05) is 23.7 Å². The van der Waals surface area contributed by atoms with Crippen molar-refractivity contribution in [1.29, 1.82) is 0 Å². The summed E-state index contributed by atoms with van der Waals surface area (Å²) in [6, 6.07) is 14.6. The highest BCUT2D eigenvalue weighted by Gasteiger charge is 2.32. The molecule has 294 valence electrons. The largest absolute Gasteiger partial charge is 0.573 e. The molecule has 6 rings (SSSR count). The number of alkyl halides is 3. The van der Waals surface area contributed by atoms with Gasteiger partial charge in [-0.2, -0.15) is 0 Å². The fraction of sp³-hybridized carbons (Fsp3) is 0.189. The van der Waals surface area contributed by atoms with E-state index in [-0.39, 0.29) is 46.8 Å². The third kappa shape index (κ3) is 11.3. The summed E-state index contributed by atoms with van der Waals surface area (Å²) >= 11 is 5.92. The molecule has 2 amide bonds. The molecule has 0 fully saturated rings. The zero-order valence-electron chi connectivity index (χ0n) is 30.0. The number of carbonyl (C=O) groups is 2. The Labute approximate surface area is 325 Å². The Balaban J connectivity index is 0.000000219. The van der Waals surface area contributed by atoms with Crippen molar-refractivity contribution in [3.05, 3.63) is 146 Å². The summed E-state index contributed by atoms with van der Waals surface area (Å²) in [6.07, 6.45) is 1.32. The zero-order chi connectivity index (χ0) is 41.1. The lowest BCUT2D eigenvalue weighted by atomic mass is 10.2. The summed E-state index contributed by atoms with van der Waals surface area (Å²) in [4.78, 5) is 73.5. The third-order valence-corrected chi connectivity index (χ3v) is 8.27. The van der Waals surface area contributed by atoms with Crippen LogP contribution < -0.4 is 26.5 Å². The molecule has 0 aliphatic rings. The molecule has 0 spiro atoms. The standard InChI is InChI=1S/C19H16F3N5O3.C18H15ClFN5O2/c1-27-16(26-14(10-17(27)28)13-6-8-23-11-25-13)7-9-24-18(29)12-4-2-3-5-15(12)30-19(20,21)22;1-25-16(24-15(9-17(25)26)14-4-6-21-10-23-14)5-7-22-18(27)12-8-11(20)2-3-13(12)19/h2-6,8,10-11H,7,9H2,1H3,(H,24,29);2-4,6,8-10H,5,7H2,1H3,(H,22,27). The van der Waals surface area contributed by atoms with Crippen molar-refractivity contribution < 1.29 is 31.9 Å². The zero-order valence-corrected chi connectivity index (χ0v) is 30.8. The van der Waals surface area contributed by atoms with Gasteiger partial charge in [0.05, 0.1) is 38.9 Å². The van der Waals surface area contributed by atoms with E-state index in [1.807, 2.05) is 0 Å². The lowest BCUT2D eigenvalue weighted by molar-refractivity contribution is -0.274. The Bertz CT molecular complexity index is 2490. The number of halogens is 5. The van der Waals surface area contributed by atoms with Crippen molar-refractivity contribution in [3.63, 3.8) is 0 Å². The molecule has 6 aromatic rings. The normalized spacial score (nSPS) is 10.9. The predicted octanol–water partition coefficient (Wildman–Crippen LogP) is 4.11. The van der Waals surface area contributed by atoms with Crippen molar-refractivity contribution >= 4 is 23.4 Å². The SMILES string of the molecule is Cn1c(CCNC(=O)c2cc(F)ccc2Cl)nc(-c2ccncn2)cc1=O.Cn1c(CCNC(=O)c2ccccc2OC(F)(F)F)nc(-c2ccncn2)cc1=O. The minimum absolute atomic E-state index is 0.0344. The van der Waals surface area contributed by atoms with Crippen LogP contribution in [0.15, 0.2) is 101 Å². The van der Waals surface area contributed by atoms with Crippen LogP contribution in [0.2, 0.25) is 5.02 Å². The molecule has 0 atom stereocenters. The molecule has 0 saturated carbocycles. The molecule has 0 aliphatic heterocycles. The monoisotopic (exact) mass is 806 g/mol. The van der Waals surface area contributed by atoms with E-state index in [0.717, 1.165) is 12.1 Å². The van der Waals surface area contributed by atoms with Gasteiger partial charge in [-0.15, -0.1) is 13.2 Å². The summed E-state index contributed by atoms with van der Waals surface area (Å²) < 4.78 is 57.4. The molecule has 2 N–H and O–H groups in total. The second-order valence-corrected chi connectivity index (χ2v) is 12.2. The molecule has 0 bridgehead atoms. The molecular weight excluding hydrogens is 776 g/mol. The van der Waals surface area contributed by atoms with Crippen molar-refractivity contribution in [2.75, 3.05) is 13.1 Å². The third-order valence-electron chi connectivity index (χ3n) is 7.94. The van der Waals surface area contributed by atoms with Gasteiger partial charge in [-0.25, -0.2) is 34.3 Å². The van der Waals surface area contributed by atoms with Gasteiger partial charge in [-0.3, -0.25) is 28.3 Å². The minimum atomic E-state index is -4.92. The van der Waals surface area contributed by atoms with E-state index >= 15 is 0 Å². The van der Waals surface area contributed by atoms with E-state index in [4.69, 9.17) is 11.6 Å². The highest BCUT2D eigenvalue weighted by molar-refractivity contribution is 6.33. The fourth-order valence-electron chi connectivity index (χ4n) is 5.07. The number of nitrogens with zero attached hydrogens (tertiary/aromatic N) is 8. The average Bonchev–Trinajstić information content (AvgIpc) is 3.19. The topological polar surface area (TPSA) is 189 Å².